The molecule has 4 rings (SSSR count). The van der Waals surface area contributed by atoms with Crippen molar-refractivity contribution >= 4 is 17.2 Å². The highest BCUT2D eigenvalue weighted by Crippen LogP contribution is 2.42. The SMILES string of the molecule is O=C(NCC1CC(c2ncc(CO)s2)C1)c1cc(-c2ccccc2)on1. The standard InChI is InChI=1S/C19H19N3O3S/c23-11-15-10-21-19(26-15)14-6-12(7-14)9-20-18(24)16-8-17(25-22-16)13-4-2-1-3-5-13/h1-5,8,10,12,14,23H,6-7,9,11H2,(H,20,24). The van der Waals surface area contributed by atoms with E-state index in [2.05, 4.69) is 15.5 Å². The molecule has 26 heavy (non-hydrogen) atoms. The molecule has 6 nitrogen and oxygen atoms in total. The highest BCUT2D eigenvalue weighted by atomic mass is 32.1. The van der Waals surface area contributed by atoms with Gasteiger partial charge >= 0.3 is 0 Å². The lowest BCUT2D eigenvalue weighted by atomic mass is 9.75. The predicted molar refractivity (Wildman–Crippen MR) is 97.8 cm³/mol. The molecule has 1 aliphatic carbocycles. The van der Waals surface area contributed by atoms with Crippen LogP contribution in [-0.4, -0.2) is 27.7 Å². The molecule has 0 saturated heterocycles. The molecule has 3 aromatic rings. The third-order valence-corrected chi connectivity index (χ3v) is 5.81. The zero-order chi connectivity index (χ0) is 17.9. The Morgan fingerprint density at radius 3 is 2.85 bits per heavy atom. The Morgan fingerprint density at radius 2 is 2.12 bits per heavy atom. The van der Waals surface area contributed by atoms with E-state index >= 15 is 0 Å². The van der Waals surface area contributed by atoms with Crippen LogP contribution in [-0.2, 0) is 6.61 Å². The van der Waals surface area contributed by atoms with Gasteiger partial charge in [-0.25, -0.2) is 4.98 Å². The van der Waals surface area contributed by atoms with Gasteiger partial charge in [-0.05, 0) is 18.8 Å². The number of thiazole rings is 1. The second kappa shape index (κ2) is 7.39. The molecular weight excluding hydrogens is 350 g/mol. The van der Waals surface area contributed by atoms with Crippen molar-refractivity contribution in [1.82, 2.24) is 15.5 Å². The van der Waals surface area contributed by atoms with E-state index in [1.54, 1.807) is 23.6 Å². The minimum atomic E-state index is -0.212. The van der Waals surface area contributed by atoms with Gasteiger partial charge in [-0.15, -0.1) is 11.3 Å². The number of hydrogen-bond donors (Lipinski definition) is 2. The van der Waals surface area contributed by atoms with Crippen molar-refractivity contribution in [2.45, 2.75) is 25.4 Å². The first kappa shape index (κ1) is 16.9. The van der Waals surface area contributed by atoms with E-state index in [1.165, 1.54) is 0 Å². The monoisotopic (exact) mass is 369 g/mol. The number of aliphatic hydroxyl groups excluding tert-OH is 1. The molecule has 0 aliphatic heterocycles. The van der Waals surface area contributed by atoms with Gasteiger partial charge in [0.1, 0.15) is 0 Å². The molecule has 0 bridgehead atoms. The molecule has 0 atom stereocenters. The number of carbonyl (C=O) groups excluding carboxylic acids is 1. The zero-order valence-electron chi connectivity index (χ0n) is 14.1. The van der Waals surface area contributed by atoms with Gasteiger partial charge in [0, 0.05) is 30.3 Å². The number of carbonyl (C=O) groups is 1. The number of benzene rings is 1. The third kappa shape index (κ3) is 3.54. The summed E-state index contributed by atoms with van der Waals surface area (Å²) in [5, 5.41) is 17.0. The molecule has 0 spiro atoms. The third-order valence-electron chi connectivity index (χ3n) is 4.66. The second-order valence-corrected chi connectivity index (χ2v) is 7.66. The summed E-state index contributed by atoms with van der Waals surface area (Å²) >= 11 is 1.57. The van der Waals surface area contributed by atoms with Gasteiger partial charge in [0.05, 0.1) is 16.5 Å². The fourth-order valence-corrected chi connectivity index (χ4v) is 4.04. The van der Waals surface area contributed by atoms with Crippen molar-refractivity contribution < 1.29 is 14.4 Å². The molecule has 1 aromatic carbocycles. The Bertz CT molecular complexity index is 884. The molecule has 134 valence electrons. The molecule has 1 aliphatic rings. The largest absolute Gasteiger partial charge is 0.391 e. The molecule has 0 radical (unpaired) electrons. The maximum atomic E-state index is 12.3. The van der Waals surface area contributed by atoms with Crippen LogP contribution < -0.4 is 5.32 Å². The fraction of sp³-hybridized carbons (Fsp3) is 0.316. The Labute approximate surface area is 154 Å². The first-order chi connectivity index (χ1) is 12.7. The molecule has 2 aromatic heterocycles. The van der Waals surface area contributed by atoms with Gasteiger partial charge < -0.3 is 14.9 Å². The van der Waals surface area contributed by atoms with Crippen molar-refractivity contribution in [3.8, 4) is 11.3 Å². The first-order valence-corrected chi connectivity index (χ1v) is 9.40. The Balaban J connectivity index is 1.27. The summed E-state index contributed by atoms with van der Waals surface area (Å²) in [5.41, 5.74) is 1.19. The van der Waals surface area contributed by atoms with Crippen molar-refractivity contribution in [2.24, 2.45) is 5.92 Å². The summed E-state index contributed by atoms with van der Waals surface area (Å²) in [6.07, 6.45) is 3.75. The average molecular weight is 369 g/mol. The smallest absolute Gasteiger partial charge is 0.273 e. The molecule has 1 fully saturated rings. The number of amides is 1. The van der Waals surface area contributed by atoms with Gasteiger partial charge in [-0.1, -0.05) is 35.5 Å². The van der Waals surface area contributed by atoms with E-state index in [0.29, 0.717) is 29.8 Å². The fourth-order valence-electron chi connectivity index (χ4n) is 3.14. The summed E-state index contributed by atoms with van der Waals surface area (Å²) in [7, 11) is 0. The lowest BCUT2D eigenvalue weighted by Crippen LogP contribution is -2.35. The number of hydrogen-bond acceptors (Lipinski definition) is 6. The number of nitrogens with one attached hydrogen (secondary N) is 1. The highest BCUT2D eigenvalue weighted by molar-refractivity contribution is 7.11. The van der Waals surface area contributed by atoms with Crippen molar-refractivity contribution in [3.05, 3.63) is 58.2 Å². The average Bonchev–Trinajstić information content (AvgIpc) is 3.31. The van der Waals surface area contributed by atoms with Crippen molar-refractivity contribution in [1.29, 1.82) is 0 Å². The number of aromatic nitrogens is 2. The van der Waals surface area contributed by atoms with Crippen molar-refractivity contribution in [3.63, 3.8) is 0 Å². The van der Waals surface area contributed by atoms with Crippen LogP contribution in [0.4, 0.5) is 0 Å². The van der Waals surface area contributed by atoms with Crippen LogP contribution in [0.25, 0.3) is 11.3 Å². The van der Waals surface area contributed by atoms with Crippen molar-refractivity contribution in [2.75, 3.05) is 6.54 Å². The molecular formula is C19H19N3O3S. The van der Waals surface area contributed by atoms with Crippen LogP contribution in [0.3, 0.4) is 0 Å². The number of aliphatic hydroxyl groups is 1. The van der Waals surface area contributed by atoms with Gasteiger partial charge in [-0.3, -0.25) is 4.79 Å². The lowest BCUT2D eigenvalue weighted by Gasteiger charge is -2.33. The minimum absolute atomic E-state index is 0.0482. The summed E-state index contributed by atoms with van der Waals surface area (Å²) in [6.45, 7) is 0.674. The van der Waals surface area contributed by atoms with E-state index in [1.807, 2.05) is 30.3 Å². The van der Waals surface area contributed by atoms with Gasteiger partial charge in [0.15, 0.2) is 11.5 Å². The van der Waals surface area contributed by atoms with Crippen LogP contribution >= 0.6 is 11.3 Å². The maximum absolute atomic E-state index is 12.3. The van der Waals surface area contributed by atoms with Gasteiger partial charge in [-0.2, -0.15) is 0 Å². The van der Waals surface area contributed by atoms with Crippen LogP contribution in [0.1, 0.15) is 39.1 Å². The highest BCUT2D eigenvalue weighted by Gasteiger charge is 2.32. The number of rotatable bonds is 6. The van der Waals surface area contributed by atoms with Gasteiger partial charge in [0.25, 0.3) is 5.91 Å². The molecule has 1 amide bonds. The summed E-state index contributed by atoms with van der Waals surface area (Å²) in [5.74, 6) is 1.27. The van der Waals surface area contributed by atoms with Crippen LogP contribution in [0.15, 0.2) is 47.1 Å². The van der Waals surface area contributed by atoms with E-state index in [0.717, 1.165) is 28.3 Å². The van der Waals surface area contributed by atoms with E-state index in [-0.39, 0.29) is 12.5 Å². The Hall–Kier alpha value is -2.51. The maximum Gasteiger partial charge on any atom is 0.273 e. The molecule has 2 heterocycles. The summed E-state index contributed by atoms with van der Waals surface area (Å²) in [4.78, 5) is 17.5. The van der Waals surface area contributed by atoms with Crippen LogP contribution in [0, 0.1) is 5.92 Å². The molecule has 7 heteroatoms. The van der Waals surface area contributed by atoms with E-state index < -0.39 is 0 Å². The normalized spacial score (nSPS) is 19.1. The van der Waals surface area contributed by atoms with Crippen LogP contribution in [0.2, 0.25) is 0 Å². The second-order valence-electron chi connectivity index (χ2n) is 6.51. The Morgan fingerprint density at radius 1 is 1.31 bits per heavy atom. The summed E-state index contributed by atoms with van der Waals surface area (Å²) < 4.78 is 5.27. The number of nitrogens with zero attached hydrogens (tertiary/aromatic N) is 2. The topological polar surface area (TPSA) is 88.2 Å². The van der Waals surface area contributed by atoms with Gasteiger partial charge in [0.2, 0.25) is 0 Å². The molecule has 0 unspecified atom stereocenters. The van der Waals surface area contributed by atoms with E-state index in [4.69, 9.17) is 9.63 Å². The molecule has 1 saturated carbocycles. The first-order valence-electron chi connectivity index (χ1n) is 8.58. The lowest BCUT2D eigenvalue weighted by molar-refractivity contribution is 0.0926. The Kier molecular flexibility index (Phi) is 4.81. The van der Waals surface area contributed by atoms with E-state index in [9.17, 15) is 4.79 Å². The predicted octanol–water partition coefficient (Wildman–Crippen LogP) is 3.21. The molecule has 2 N–H and O–H groups in total. The zero-order valence-corrected chi connectivity index (χ0v) is 14.9. The minimum Gasteiger partial charge on any atom is -0.391 e. The quantitative estimate of drug-likeness (QED) is 0.696. The summed E-state index contributed by atoms with van der Waals surface area (Å²) in [6, 6.07) is 11.2. The van der Waals surface area contributed by atoms with Crippen LogP contribution in [0.5, 0.6) is 0 Å².